The third-order valence-electron chi connectivity index (χ3n) is 9.97. The highest BCUT2D eigenvalue weighted by Crippen LogP contribution is 2.57. The van der Waals surface area contributed by atoms with Crippen LogP contribution in [0.5, 0.6) is 11.5 Å². The standard InChI is InChI=1S/C36H41N3O6/c1-21-10-9-12-28(37-21)29-18-32(25-13-14-31(44-4)22(2)33(25)38-29)45-24-16-26-27(17-24)34(41)39(3)15-8-6-5-7-11-23-19-36(23,35(42)43)20-30(26)40/h7,9-14,18,23-24,26-27H,5-6,8,15-17,19-20H2,1-4H3,(H,42,43)/b11-7-/t23-,24-,26-,27-,36-/m1/s1. The molecule has 6 rings (SSSR count). The van der Waals surface area contributed by atoms with Crippen LogP contribution in [0.25, 0.3) is 22.3 Å². The van der Waals surface area contributed by atoms with E-state index in [-0.39, 0.29) is 24.0 Å². The minimum atomic E-state index is -1.08. The SMILES string of the molecule is COc1ccc2c(O[C@@H]3C[C@H]4C(=O)C[C@]5(C(=O)O)C[C@H]5/C=C\CCCCN(C)C(=O)[C@@H]4C3)cc(-c3cccc(C)n3)nc2c1C. The lowest BCUT2D eigenvalue weighted by Crippen LogP contribution is -2.38. The number of carboxylic acid groups (broad SMARTS) is 1. The molecule has 0 radical (unpaired) electrons. The Bertz CT molecular complexity index is 1680. The molecule has 2 saturated carbocycles. The molecule has 3 heterocycles. The molecule has 0 spiro atoms. The fourth-order valence-electron chi connectivity index (χ4n) is 7.23. The Kier molecular flexibility index (Phi) is 8.37. The Labute approximate surface area is 263 Å². The minimum Gasteiger partial charge on any atom is -0.496 e. The van der Waals surface area contributed by atoms with Crippen molar-refractivity contribution < 1.29 is 29.0 Å². The number of ketones is 1. The van der Waals surface area contributed by atoms with Crippen molar-refractivity contribution in [1.82, 2.24) is 14.9 Å². The van der Waals surface area contributed by atoms with E-state index in [9.17, 15) is 19.5 Å². The van der Waals surface area contributed by atoms with Crippen molar-refractivity contribution in [2.45, 2.75) is 64.9 Å². The Morgan fingerprint density at radius 1 is 1.02 bits per heavy atom. The first kappa shape index (κ1) is 30.7. The van der Waals surface area contributed by atoms with Crippen molar-refractivity contribution in [3.63, 3.8) is 0 Å². The molecule has 3 aromatic rings. The summed E-state index contributed by atoms with van der Waals surface area (Å²) in [6.45, 7) is 4.50. The van der Waals surface area contributed by atoms with Gasteiger partial charge in [-0.05, 0) is 82.6 Å². The molecule has 0 saturated heterocycles. The van der Waals surface area contributed by atoms with E-state index in [1.54, 1.807) is 19.1 Å². The van der Waals surface area contributed by atoms with Gasteiger partial charge < -0.3 is 19.5 Å². The van der Waals surface area contributed by atoms with Crippen LogP contribution in [0, 0.1) is 37.0 Å². The summed E-state index contributed by atoms with van der Waals surface area (Å²) >= 11 is 0. The Hall–Kier alpha value is -4.27. The number of pyridine rings is 2. The predicted molar refractivity (Wildman–Crippen MR) is 170 cm³/mol. The van der Waals surface area contributed by atoms with Crippen LogP contribution in [0.4, 0.5) is 0 Å². The second kappa shape index (κ2) is 12.3. The lowest BCUT2D eigenvalue weighted by Gasteiger charge is -2.25. The molecular formula is C36H41N3O6. The van der Waals surface area contributed by atoms with Crippen molar-refractivity contribution >= 4 is 28.6 Å². The molecule has 2 aromatic heterocycles. The molecule has 1 aromatic carbocycles. The molecule has 2 aliphatic carbocycles. The highest BCUT2D eigenvalue weighted by Gasteiger charge is 2.61. The topological polar surface area (TPSA) is 119 Å². The smallest absolute Gasteiger partial charge is 0.310 e. The summed E-state index contributed by atoms with van der Waals surface area (Å²) in [4.78, 5) is 51.5. The average molecular weight is 612 g/mol. The van der Waals surface area contributed by atoms with Crippen LogP contribution in [0.3, 0.4) is 0 Å². The van der Waals surface area contributed by atoms with E-state index in [1.807, 2.05) is 62.4 Å². The number of hydrogen-bond acceptors (Lipinski definition) is 7. The number of Topliss-reactive ketones (excluding diaryl/α,β-unsaturated/α-hetero) is 1. The minimum absolute atomic E-state index is 0.0669. The zero-order chi connectivity index (χ0) is 31.9. The Balaban J connectivity index is 1.35. The van der Waals surface area contributed by atoms with E-state index in [0.29, 0.717) is 48.7 Å². The number of aromatic nitrogens is 2. The lowest BCUT2D eigenvalue weighted by atomic mass is 9.84. The van der Waals surface area contributed by atoms with Crippen LogP contribution < -0.4 is 9.47 Å². The summed E-state index contributed by atoms with van der Waals surface area (Å²) in [5, 5.41) is 10.9. The number of carbonyl (C=O) groups is 3. The molecule has 2 fully saturated rings. The zero-order valence-corrected chi connectivity index (χ0v) is 26.4. The van der Waals surface area contributed by atoms with Crippen LogP contribution in [0.15, 0.2) is 48.6 Å². The molecule has 5 atom stereocenters. The number of ether oxygens (including phenoxy) is 2. The molecule has 3 aliphatic rings. The van der Waals surface area contributed by atoms with E-state index >= 15 is 0 Å². The number of amides is 1. The van der Waals surface area contributed by atoms with Crippen molar-refractivity contribution in [1.29, 1.82) is 0 Å². The lowest BCUT2D eigenvalue weighted by molar-refractivity contribution is -0.147. The highest BCUT2D eigenvalue weighted by atomic mass is 16.5. The normalized spacial score (nSPS) is 27.8. The molecule has 236 valence electrons. The van der Waals surface area contributed by atoms with Gasteiger partial charge in [-0.2, -0.15) is 0 Å². The van der Waals surface area contributed by atoms with Gasteiger partial charge in [-0.1, -0.05) is 18.2 Å². The van der Waals surface area contributed by atoms with Gasteiger partial charge in [0.05, 0.1) is 35.3 Å². The average Bonchev–Trinajstić information content (AvgIpc) is 3.56. The molecule has 0 unspecified atom stereocenters. The molecule has 0 bridgehead atoms. The molecule has 1 N–H and O–H groups in total. The molecule has 1 aliphatic heterocycles. The second-order valence-corrected chi connectivity index (χ2v) is 13.0. The van der Waals surface area contributed by atoms with Gasteiger partial charge >= 0.3 is 5.97 Å². The van der Waals surface area contributed by atoms with Gasteiger partial charge in [0.2, 0.25) is 5.91 Å². The molecule has 9 nitrogen and oxygen atoms in total. The molecule has 9 heteroatoms. The van der Waals surface area contributed by atoms with E-state index in [2.05, 4.69) is 4.98 Å². The van der Waals surface area contributed by atoms with Gasteiger partial charge in [0.25, 0.3) is 0 Å². The summed E-state index contributed by atoms with van der Waals surface area (Å²) in [6.07, 6.45) is 7.29. The summed E-state index contributed by atoms with van der Waals surface area (Å²) in [5.74, 6) is -1.19. The summed E-state index contributed by atoms with van der Waals surface area (Å²) in [6, 6.07) is 11.5. The molecule has 45 heavy (non-hydrogen) atoms. The number of aliphatic carboxylic acids is 1. The monoisotopic (exact) mass is 611 g/mol. The number of fused-ring (bicyclic) bond motifs is 3. The summed E-state index contributed by atoms with van der Waals surface area (Å²) in [5.41, 5.74) is 2.74. The van der Waals surface area contributed by atoms with Gasteiger partial charge in [0.15, 0.2) is 0 Å². The first-order valence-corrected chi connectivity index (χ1v) is 15.9. The van der Waals surface area contributed by atoms with Crippen LogP contribution in [-0.2, 0) is 14.4 Å². The number of carboxylic acids is 1. The fourth-order valence-corrected chi connectivity index (χ4v) is 7.23. The maximum Gasteiger partial charge on any atom is 0.310 e. The summed E-state index contributed by atoms with van der Waals surface area (Å²) < 4.78 is 12.3. The number of methoxy groups -OCH3 is 1. The highest BCUT2D eigenvalue weighted by molar-refractivity contribution is 5.94. The first-order chi connectivity index (χ1) is 21.6. The Morgan fingerprint density at radius 3 is 2.58 bits per heavy atom. The molecule has 1 amide bonds. The van der Waals surface area contributed by atoms with Gasteiger partial charge in [0.1, 0.15) is 23.4 Å². The predicted octanol–water partition coefficient (Wildman–Crippen LogP) is 5.94. The maximum absolute atomic E-state index is 13.9. The zero-order valence-electron chi connectivity index (χ0n) is 26.4. The van der Waals surface area contributed by atoms with E-state index in [4.69, 9.17) is 14.5 Å². The van der Waals surface area contributed by atoms with E-state index in [1.165, 1.54) is 0 Å². The van der Waals surface area contributed by atoms with E-state index in [0.717, 1.165) is 41.4 Å². The fraction of sp³-hybridized carbons (Fsp3) is 0.472. The number of allylic oxidation sites excluding steroid dienone is 2. The first-order valence-electron chi connectivity index (χ1n) is 15.9. The second-order valence-electron chi connectivity index (χ2n) is 13.0. The van der Waals surface area contributed by atoms with Crippen LogP contribution in [-0.4, -0.2) is 64.4 Å². The quantitative estimate of drug-likeness (QED) is 0.352. The van der Waals surface area contributed by atoms with Gasteiger partial charge in [-0.3, -0.25) is 19.4 Å². The molecular weight excluding hydrogens is 570 g/mol. The van der Waals surface area contributed by atoms with Crippen LogP contribution >= 0.6 is 0 Å². The van der Waals surface area contributed by atoms with Crippen molar-refractivity contribution in [2.24, 2.45) is 23.2 Å². The van der Waals surface area contributed by atoms with Gasteiger partial charge in [0, 0.05) is 48.6 Å². The summed E-state index contributed by atoms with van der Waals surface area (Å²) in [7, 11) is 3.42. The van der Waals surface area contributed by atoms with Crippen LogP contribution in [0.2, 0.25) is 0 Å². The van der Waals surface area contributed by atoms with Crippen LogP contribution in [0.1, 0.15) is 56.2 Å². The number of rotatable bonds is 5. The van der Waals surface area contributed by atoms with E-state index < -0.39 is 29.3 Å². The third kappa shape index (κ3) is 5.92. The van der Waals surface area contributed by atoms with Crippen molar-refractivity contribution in [3.8, 4) is 22.9 Å². The van der Waals surface area contributed by atoms with Gasteiger partial charge in [-0.15, -0.1) is 0 Å². The Morgan fingerprint density at radius 2 is 1.82 bits per heavy atom. The van der Waals surface area contributed by atoms with Crippen molar-refractivity contribution in [2.75, 3.05) is 20.7 Å². The largest absolute Gasteiger partial charge is 0.496 e. The third-order valence-corrected chi connectivity index (χ3v) is 9.97. The number of hydrogen-bond donors (Lipinski definition) is 1. The number of aryl methyl sites for hydroxylation is 2. The maximum atomic E-state index is 13.9. The number of benzene rings is 1. The van der Waals surface area contributed by atoms with Crippen molar-refractivity contribution in [3.05, 3.63) is 59.8 Å². The number of carbonyl (C=O) groups excluding carboxylic acids is 2. The number of nitrogens with zero attached hydrogens (tertiary/aromatic N) is 3. The van der Waals surface area contributed by atoms with Gasteiger partial charge in [-0.25, -0.2) is 4.98 Å².